The number of rotatable bonds is 3. The third-order valence-electron chi connectivity index (χ3n) is 4.02. The van der Waals surface area contributed by atoms with Gasteiger partial charge in [-0.25, -0.2) is 4.79 Å². The van der Waals surface area contributed by atoms with Crippen LogP contribution in [0, 0.1) is 0 Å². The number of phenolic OH excluding ortho intramolecular Hbond substituents is 1. The van der Waals surface area contributed by atoms with Crippen molar-refractivity contribution in [3.8, 4) is 11.5 Å². The van der Waals surface area contributed by atoms with Crippen molar-refractivity contribution in [1.82, 2.24) is 0 Å². The van der Waals surface area contributed by atoms with Crippen molar-refractivity contribution >= 4 is 5.97 Å². The number of benzene rings is 1. The van der Waals surface area contributed by atoms with Crippen molar-refractivity contribution in [2.24, 2.45) is 0 Å². The van der Waals surface area contributed by atoms with Crippen molar-refractivity contribution in [2.75, 3.05) is 7.11 Å². The van der Waals surface area contributed by atoms with E-state index < -0.39 is 5.97 Å². The van der Waals surface area contributed by atoms with Gasteiger partial charge in [-0.3, -0.25) is 0 Å². The lowest BCUT2D eigenvalue weighted by Gasteiger charge is -2.17. The van der Waals surface area contributed by atoms with Crippen LogP contribution in [0.2, 0.25) is 0 Å². The number of aromatic hydroxyl groups is 1. The first kappa shape index (κ1) is 13.0. The Morgan fingerprint density at radius 2 is 2.25 bits per heavy atom. The van der Waals surface area contributed by atoms with Crippen LogP contribution in [-0.2, 0) is 17.8 Å². The summed E-state index contributed by atoms with van der Waals surface area (Å²) in [5.41, 5.74) is 3.00. The highest BCUT2D eigenvalue weighted by Gasteiger charge is 2.29. The maximum Gasteiger partial charge on any atom is 0.342 e. The molecule has 0 fully saturated rings. The van der Waals surface area contributed by atoms with Crippen LogP contribution in [0.15, 0.2) is 17.7 Å². The van der Waals surface area contributed by atoms with Crippen LogP contribution in [-0.4, -0.2) is 18.2 Å². The molecule has 106 valence electrons. The fourth-order valence-electron chi connectivity index (χ4n) is 2.94. The molecular weight excluding hydrogens is 256 g/mol. The van der Waals surface area contributed by atoms with Gasteiger partial charge >= 0.3 is 5.97 Å². The van der Waals surface area contributed by atoms with Crippen molar-refractivity contribution in [3.63, 3.8) is 0 Å². The maximum absolute atomic E-state index is 11.7. The fraction of sp³-hybridized carbons (Fsp3) is 0.438. The predicted octanol–water partition coefficient (Wildman–Crippen LogP) is 3.11. The number of carbonyl (C=O) groups is 1. The minimum absolute atomic E-state index is 0.0216. The molecule has 0 saturated carbocycles. The molecule has 2 aliphatic rings. The largest absolute Gasteiger partial charge is 0.507 e. The highest BCUT2D eigenvalue weighted by Crippen LogP contribution is 2.40. The van der Waals surface area contributed by atoms with Gasteiger partial charge in [0, 0.05) is 17.5 Å². The summed E-state index contributed by atoms with van der Waals surface area (Å²) >= 11 is 0. The molecule has 1 aromatic rings. The van der Waals surface area contributed by atoms with Crippen LogP contribution < -0.4 is 4.74 Å². The van der Waals surface area contributed by atoms with Crippen LogP contribution in [0.1, 0.15) is 47.2 Å². The van der Waals surface area contributed by atoms with Crippen LogP contribution in [0.25, 0.3) is 0 Å². The molecule has 0 unspecified atom stereocenters. The Morgan fingerprint density at radius 3 is 2.95 bits per heavy atom. The number of cyclic esters (lactones) is 1. The highest BCUT2D eigenvalue weighted by molar-refractivity contribution is 5.97. The van der Waals surface area contributed by atoms with Gasteiger partial charge in [0.1, 0.15) is 23.7 Å². The Kier molecular flexibility index (Phi) is 3.38. The predicted molar refractivity (Wildman–Crippen MR) is 74.0 cm³/mol. The van der Waals surface area contributed by atoms with Gasteiger partial charge < -0.3 is 14.6 Å². The first-order chi connectivity index (χ1) is 9.70. The Morgan fingerprint density at radius 1 is 1.40 bits per heavy atom. The minimum atomic E-state index is -0.445. The number of methoxy groups -OCH3 is 1. The van der Waals surface area contributed by atoms with Gasteiger partial charge in [0.2, 0.25) is 0 Å². The van der Waals surface area contributed by atoms with E-state index in [1.54, 1.807) is 13.2 Å². The zero-order valence-electron chi connectivity index (χ0n) is 11.6. The lowest BCUT2D eigenvalue weighted by molar-refractivity contribution is 0.0533. The molecule has 1 N–H and O–H groups in total. The Bertz CT molecular complexity index is 587. The van der Waals surface area contributed by atoms with Crippen molar-refractivity contribution in [3.05, 3.63) is 34.4 Å². The fourth-order valence-corrected chi connectivity index (χ4v) is 2.94. The van der Waals surface area contributed by atoms with Crippen LogP contribution in [0.5, 0.6) is 11.5 Å². The molecule has 3 rings (SSSR count). The summed E-state index contributed by atoms with van der Waals surface area (Å²) in [4.78, 5) is 11.7. The number of hydrogen-bond acceptors (Lipinski definition) is 4. The molecule has 0 amide bonds. The molecule has 1 aromatic carbocycles. The van der Waals surface area contributed by atoms with Gasteiger partial charge in [-0.1, -0.05) is 11.6 Å². The van der Waals surface area contributed by atoms with E-state index in [2.05, 4.69) is 6.08 Å². The molecule has 4 nitrogen and oxygen atoms in total. The van der Waals surface area contributed by atoms with Crippen LogP contribution >= 0.6 is 0 Å². The molecule has 0 radical (unpaired) electrons. The number of allylic oxidation sites excluding steroid dienone is 2. The third kappa shape index (κ3) is 2.15. The quantitative estimate of drug-likeness (QED) is 0.679. The molecule has 1 aliphatic heterocycles. The van der Waals surface area contributed by atoms with E-state index in [1.807, 2.05) is 0 Å². The van der Waals surface area contributed by atoms with E-state index >= 15 is 0 Å². The normalized spacial score (nSPS) is 17.4. The molecule has 0 saturated heterocycles. The van der Waals surface area contributed by atoms with Crippen molar-refractivity contribution < 1.29 is 19.4 Å². The van der Waals surface area contributed by atoms with Crippen molar-refractivity contribution in [1.29, 1.82) is 0 Å². The van der Waals surface area contributed by atoms with Gasteiger partial charge in [-0.05, 0) is 31.7 Å². The number of hydrogen-bond donors (Lipinski definition) is 1. The number of carbonyl (C=O) groups excluding carboxylic acids is 1. The van der Waals surface area contributed by atoms with Gasteiger partial charge in [0.15, 0.2) is 0 Å². The highest BCUT2D eigenvalue weighted by atomic mass is 16.5. The van der Waals surface area contributed by atoms with E-state index in [1.165, 1.54) is 18.4 Å². The number of ether oxygens (including phenoxy) is 2. The Balaban J connectivity index is 2.02. The van der Waals surface area contributed by atoms with Crippen LogP contribution in [0.4, 0.5) is 0 Å². The average Bonchev–Trinajstić information content (AvgIpc) is 2.84. The monoisotopic (exact) mass is 274 g/mol. The number of fused-ring (bicyclic) bond motifs is 1. The molecule has 1 heterocycles. The number of esters is 1. The molecule has 0 aromatic heterocycles. The second-order valence-corrected chi connectivity index (χ2v) is 5.30. The molecule has 20 heavy (non-hydrogen) atoms. The molecular formula is C16H18O4. The summed E-state index contributed by atoms with van der Waals surface area (Å²) in [6, 6.07) is 1.80. The maximum atomic E-state index is 11.7. The second kappa shape index (κ2) is 5.19. The Labute approximate surface area is 118 Å². The summed E-state index contributed by atoms with van der Waals surface area (Å²) in [7, 11) is 1.58. The zero-order chi connectivity index (χ0) is 14.1. The van der Waals surface area contributed by atoms with Gasteiger partial charge in [-0.2, -0.15) is 0 Å². The van der Waals surface area contributed by atoms with Crippen LogP contribution in [0.3, 0.4) is 0 Å². The smallest absolute Gasteiger partial charge is 0.342 e. The minimum Gasteiger partial charge on any atom is -0.507 e. The van der Waals surface area contributed by atoms with E-state index in [4.69, 9.17) is 9.47 Å². The first-order valence-corrected chi connectivity index (χ1v) is 6.97. The van der Waals surface area contributed by atoms with Gasteiger partial charge in [-0.15, -0.1) is 0 Å². The van der Waals surface area contributed by atoms with Gasteiger partial charge in [0.25, 0.3) is 0 Å². The summed E-state index contributed by atoms with van der Waals surface area (Å²) in [5.74, 6) is 0.207. The van der Waals surface area contributed by atoms with Crippen molar-refractivity contribution in [2.45, 2.75) is 38.7 Å². The summed E-state index contributed by atoms with van der Waals surface area (Å²) in [6.07, 6.45) is 7.41. The Hall–Kier alpha value is -1.97. The second-order valence-electron chi connectivity index (χ2n) is 5.30. The third-order valence-corrected chi connectivity index (χ3v) is 4.02. The molecule has 4 heteroatoms. The van der Waals surface area contributed by atoms with Gasteiger partial charge in [0.05, 0.1) is 7.11 Å². The standard InChI is InChI=1S/C16H18O4/c1-19-13-8-11-9-20-16(18)14(11)15(17)12(13)7-10-5-3-2-4-6-10/h5,8,17H,2-4,6-7,9H2,1H3. The molecule has 0 bridgehead atoms. The molecule has 0 spiro atoms. The SMILES string of the molecule is COc1cc2c(c(O)c1CC1=CCCCC1)C(=O)OC2. The molecule has 1 aliphatic carbocycles. The summed E-state index contributed by atoms with van der Waals surface area (Å²) < 4.78 is 10.4. The summed E-state index contributed by atoms with van der Waals surface area (Å²) in [6.45, 7) is 0.209. The average molecular weight is 274 g/mol. The first-order valence-electron chi connectivity index (χ1n) is 6.97. The lowest BCUT2D eigenvalue weighted by Crippen LogP contribution is -2.03. The lowest BCUT2D eigenvalue weighted by atomic mass is 9.91. The van der Waals surface area contributed by atoms with E-state index in [9.17, 15) is 9.90 Å². The zero-order valence-corrected chi connectivity index (χ0v) is 11.6. The van der Waals surface area contributed by atoms with E-state index in [0.29, 0.717) is 28.9 Å². The topological polar surface area (TPSA) is 55.8 Å². The van der Waals surface area contributed by atoms with E-state index in [0.717, 1.165) is 12.8 Å². The van der Waals surface area contributed by atoms with E-state index in [-0.39, 0.29) is 12.4 Å². The number of phenols is 1. The summed E-state index contributed by atoms with van der Waals surface area (Å²) in [5, 5.41) is 10.4. The molecule has 0 atom stereocenters.